The average molecular weight is 1010 g/mol. The van der Waals surface area contributed by atoms with E-state index in [1.165, 1.54) is 66.4 Å². The Labute approximate surface area is 375 Å². The van der Waals surface area contributed by atoms with Crippen molar-refractivity contribution in [3.05, 3.63) is 228 Å². The summed E-state index contributed by atoms with van der Waals surface area (Å²) in [5.41, 5.74) is 14.4. The van der Waals surface area contributed by atoms with E-state index < -0.39 is 15.7 Å². The summed E-state index contributed by atoms with van der Waals surface area (Å²) in [7, 11) is 18.8. The van der Waals surface area contributed by atoms with Gasteiger partial charge in [-0.15, -0.1) is 0 Å². The first kappa shape index (κ1) is 41.1. The van der Waals surface area contributed by atoms with Gasteiger partial charge >= 0.3 is 378 Å². The van der Waals surface area contributed by atoms with E-state index in [2.05, 4.69) is 236 Å². The Morgan fingerprint density at radius 2 is 0.823 bits per heavy atom. The predicted molar refractivity (Wildman–Crippen MR) is 267 cm³/mol. The molecule has 0 saturated carbocycles. The standard InChI is InChI=1S/C33H33.C21H14.C5H5.2ClH.Hf/c1-32(2,3)30-20-26-24(18-28(30)22-13-9-7-10-14-22)17-25-19-29(23-15-11-8-12-16-23)31(21-27(25)26)33(4,5)6;1-3-13-20-16(7-1)9-5-11-18(20)15-19-12-6-10-17-8-2-4-14-21(17)19;1-2-4-5-3-1;;;/h7-21H,1-6H3;1-14H;1-5H;2*1H;/q;;;;;+2/p-2. The molecule has 2 aliphatic carbocycles. The van der Waals surface area contributed by atoms with Crippen molar-refractivity contribution in [1.82, 2.24) is 0 Å². The summed E-state index contributed by atoms with van der Waals surface area (Å²) in [6.07, 6.45) is 8.96. The van der Waals surface area contributed by atoms with Gasteiger partial charge in [-0.3, -0.25) is 0 Å². The summed E-state index contributed by atoms with van der Waals surface area (Å²) in [5, 5.41) is 4.66. The van der Waals surface area contributed by atoms with Crippen molar-refractivity contribution in [2.75, 3.05) is 0 Å². The van der Waals surface area contributed by atoms with Crippen LogP contribution >= 0.6 is 17.2 Å². The number of benzene rings is 8. The van der Waals surface area contributed by atoms with Gasteiger partial charge in [-0.05, 0) is 0 Å². The van der Waals surface area contributed by atoms with E-state index >= 15 is 0 Å². The molecule has 62 heavy (non-hydrogen) atoms. The van der Waals surface area contributed by atoms with Crippen LogP contribution in [0.2, 0.25) is 3.67 Å². The molecule has 10 rings (SSSR count). The molecule has 0 N–H and O–H groups in total. The Morgan fingerprint density at radius 1 is 0.435 bits per heavy atom. The van der Waals surface area contributed by atoms with Gasteiger partial charge in [-0.1, -0.05) is 0 Å². The molecule has 8 aromatic carbocycles. The van der Waals surface area contributed by atoms with E-state index in [0.29, 0.717) is 0 Å². The minimum absolute atomic E-state index is 0.143. The molecule has 0 atom stereocenters. The Hall–Kier alpha value is -4.92. The molecule has 0 heterocycles. The molecule has 8 aromatic rings. The number of fused-ring (bicyclic) bond motifs is 5. The Kier molecular flexibility index (Phi) is 10.0. The summed E-state index contributed by atoms with van der Waals surface area (Å²) in [6, 6.07) is 62.7. The van der Waals surface area contributed by atoms with Crippen LogP contribution < -0.4 is 0 Å². The zero-order valence-corrected chi connectivity index (χ0v) is 41.5. The molecule has 0 unspecified atom stereocenters. The molecule has 0 aliphatic heterocycles. The van der Waals surface area contributed by atoms with Crippen molar-refractivity contribution < 1.29 is 15.7 Å². The quantitative estimate of drug-likeness (QED) is 0.146. The number of rotatable bonds is 6. The topological polar surface area (TPSA) is 0 Å². The first-order valence-electron chi connectivity index (χ1n) is 22.0. The fourth-order valence-electron chi connectivity index (χ4n) is 10.7. The van der Waals surface area contributed by atoms with Crippen LogP contribution in [0.4, 0.5) is 0 Å². The first-order chi connectivity index (χ1) is 29.7. The zero-order chi connectivity index (χ0) is 43.0. The third kappa shape index (κ3) is 6.61. The molecular formula is C59H52Cl2Hf. The van der Waals surface area contributed by atoms with Gasteiger partial charge in [0.2, 0.25) is 0 Å². The fraction of sp³-hybridized carbons (Fsp3) is 0.169. The van der Waals surface area contributed by atoms with Crippen LogP contribution in [0.3, 0.4) is 0 Å². The van der Waals surface area contributed by atoms with Crippen LogP contribution in [0.1, 0.15) is 78.6 Å². The first-order valence-corrected chi connectivity index (χ1v) is 36.8. The maximum absolute atomic E-state index is 9.40. The van der Waals surface area contributed by atoms with Gasteiger partial charge in [0.1, 0.15) is 0 Å². The number of hydrogen-bond acceptors (Lipinski definition) is 0. The Balaban J connectivity index is 1.47. The van der Waals surface area contributed by atoms with Crippen LogP contribution in [0.5, 0.6) is 0 Å². The van der Waals surface area contributed by atoms with Gasteiger partial charge < -0.3 is 0 Å². The fourth-order valence-corrected chi connectivity index (χ4v) is 38.3. The van der Waals surface area contributed by atoms with Crippen molar-refractivity contribution in [3.8, 4) is 33.4 Å². The molecular weight excluding hydrogens is 958 g/mol. The SMILES string of the molecule is CC(C)(C)c1cc2c(cc1-c1ccccc1)[CH]([Hf]([Cl])([Cl])(=[C](c1cccc3ccccc13)c1cccc3ccccc13)[CH]1C=CC=C1)c1cc(-c3ccccc3)c(C(C)(C)C)cc1-2. The molecule has 2 aliphatic rings. The Bertz CT molecular complexity index is 2990. The molecule has 3 heteroatoms. The number of allylic oxidation sites excluding steroid dienone is 4. The van der Waals surface area contributed by atoms with Gasteiger partial charge in [0.25, 0.3) is 0 Å². The van der Waals surface area contributed by atoms with Crippen molar-refractivity contribution in [1.29, 1.82) is 0 Å². The molecule has 0 saturated heterocycles. The van der Waals surface area contributed by atoms with E-state index in [4.69, 9.17) is 0 Å². The molecule has 0 fully saturated rings. The molecule has 0 aromatic heterocycles. The maximum atomic E-state index is 9.40. The van der Waals surface area contributed by atoms with E-state index in [9.17, 15) is 17.2 Å². The average Bonchev–Trinajstić information content (AvgIpc) is 3.94. The van der Waals surface area contributed by atoms with Crippen molar-refractivity contribution in [2.24, 2.45) is 0 Å². The molecule has 0 radical (unpaired) electrons. The third-order valence-electron chi connectivity index (χ3n) is 13.6. The zero-order valence-electron chi connectivity index (χ0n) is 36.4. The van der Waals surface area contributed by atoms with Gasteiger partial charge in [0.05, 0.1) is 0 Å². The summed E-state index contributed by atoms with van der Waals surface area (Å²) < 4.78 is 0.613. The summed E-state index contributed by atoms with van der Waals surface area (Å²) in [4.78, 5) is 0. The third-order valence-corrected chi connectivity index (χ3v) is 41.5. The van der Waals surface area contributed by atoms with Crippen LogP contribution in [0.25, 0.3) is 54.9 Å². The molecule has 0 bridgehead atoms. The summed E-state index contributed by atoms with van der Waals surface area (Å²) in [6.45, 7) is 14.0. The van der Waals surface area contributed by atoms with Crippen LogP contribution in [0, 0.1) is 0 Å². The van der Waals surface area contributed by atoms with E-state index in [1.807, 2.05) is 0 Å². The van der Waals surface area contributed by atoms with Crippen LogP contribution in [-0.2, 0) is 26.5 Å². The second kappa shape index (κ2) is 15.1. The van der Waals surface area contributed by atoms with Crippen molar-refractivity contribution in [3.63, 3.8) is 0 Å². The van der Waals surface area contributed by atoms with Gasteiger partial charge in [0.15, 0.2) is 0 Å². The number of halogens is 2. The van der Waals surface area contributed by atoms with Crippen molar-refractivity contribution >= 4 is 42.0 Å². The van der Waals surface area contributed by atoms with Gasteiger partial charge in [-0.2, -0.15) is 0 Å². The molecule has 0 amide bonds. The van der Waals surface area contributed by atoms with Gasteiger partial charge in [0, 0.05) is 0 Å². The number of hydrogen-bond donors (Lipinski definition) is 0. The second-order valence-electron chi connectivity index (χ2n) is 19.5. The monoisotopic (exact) mass is 1010 g/mol. The predicted octanol–water partition coefficient (Wildman–Crippen LogP) is 17.2. The Morgan fingerprint density at radius 3 is 1.24 bits per heavy atom. The van der Waals surface area contributed by atoms with E-state index in [0.717, 1.165) is 25.2 Å². The molecule has 0 nitrogen and oxygen atoms in total. The van der Waals surface area contributed by atoms with Crippen LogP contribution in [-0.4, -0.2) is 3.26 Å². The molecule has 306 valence electrons. The summed E-state index contributed by atoms with van der Waals surface area (Å²) in [5.74, 6) is 0. The minimum atomic E-state index is -6.10. The van der Waals surface area contributed by atoms with Crippen LogP contribution in [0.15, 0.2) is 194 Å². The second-order valence-corrected chi connectivity index (χ2v) is 49.0. The normalized spacial score (nSPS) is 14.5. The van der Waals surface area contributed by atoms with Crippen molar-refractivity contribution in [2.45, 2.75) is 59.7 Å². The van der Waals surface area contributed by atoms with E-state index in [1.54, 1.807) is 0 Å². The van der Waals surface area contributed by atoms with Gasteiger partial charge in [-0.25, -0.2) is 0 Å². The molecule has 0 spiro atoms. The summed E-state index contributed by atoms with van der Waals surface area (Å²) >= 11 is -6.10. The van der Waals surface area contributed by atoms with E-state index in [-0.39, 0.29) is 18.2 Å².